The van der Waals surface area contributed by atoms with Crippen LogP contribution < -0.4 is 5.73 Å². The van der Waals surface area contributed by atoms with Crippen LogP contribution in [0, 0.1) is 11.3 Å². The maximum Gasteiger partial charge on any atom is 0.191 e. The predicted octanol–water partition coefficient (Wildman–Crippen LogP) is 2.22. The van der Waals surface area contributed by atoms with E-state index < -0.39 is 0 Å². The molecule has 2 N–H and O–H groups in total. The molecule has 0 saturated heterocycles. The Morgan fingerprint density at radius 2 is 1.88 bits per heavy atom. The van der Waals surface area contributed by atoms with Crippen molar-refractivity contribution in [1.82, 2.24) is 4.90 Å². The summed E-state index contributed by atoms with van der Waals surface area (Å²) in [5.41, 5.74) is 6.59. The molecule has 0 aromatic rings. The van der Waals surface area contributed by atoms with E-state index in [1.165, 1.54) is 25.7 Å². The molecule has 3 nitrogen and oxygen atoms in total. The molecule has 0 radical (unpaired) electrons. The molecule has 92 valence electrons. The highest BCUT2D eigenvalue weighted by molar-refractivity contribution is 5.80. The van der Waals surface area contributed by atoms with Crippen LogP contribution in [-0.2, 0) is 0 Å². The molecule has 2 rings (SSSR count). The van der Waals surface area contributed by atoms with E-state index in [0.717, 1.165) is 18.4 Å². The molecule has 0 bridgehead atoms. The Hall–Kier alpha value is -0.730. The second kappa shape index (κ2) is 3.64. The lowest BCUT2D eigenvalue weighted by atomic mass is 9.67. The third-order valence-electron chi connectivity index (χ3n) is 4.73. The molecular formula is C13H25N3. The van der Waals surface area contributed by atoms with Crippen molar-refractivity contribution in [2.75, 3.05) is 13.6 Å². The van der Waals surface area contributed by atoms with E-state index in [0.29, 0.717) is 5.41 Å². The molecule has 1 fully saturated rings. The van der Waals surface area contributed by atoms with E-state index in [1.54, 1.807) is 0 Å². The van der Waals surface area contributed by atoms with Crippen LogP contribution in [0.1, 0.15) is 46.5 Å². The van der Waals surface area contributed by atoms with Gasteiger partial charge in [-0.1, -0.05) is 20.8 Å². The lowest BCUT2D eigenvalue weighted by Crippen LogP contribution is -2.52. The first kappa shape index (κ1) is 11.7. The number of rotatable bonds is 0. The zero-order valence-corrected chi connectivity index (χ0v) is 11.1. The lowest BCUT2D eigenvalue weighted by Gasteiger charge is -2.45. The minimum absolute atomic E-state index is 0.256. The Morgan fingerprint density at radius 1 is 1.31 bits per heavy atom. The van der Waals surface area contributed by atoms with Crippen LogP contribution in [-0.4, -0.2) is 30.0 Å². The quantitative estimate of drug-likeness (QED) is 0.684. The summed E-state index contributed by atoms with van der Waals surface area (Å²) in [5, 5.41) is 0. The SMILES string of the molecule is CN1C(N)=NCC12CCC(C(C)(C)C)CC2. The van der Waals surface area contributed by atoms with Gasteiger partial charge >= 0.3 is 0 Å². The molecule has 1 saturated carbocycles. The molecule has 2 aliphatic rings. The summed E-state index contributed by atoms with van der Waals surface area (Å²) >= 11 is 0. The summed E-state index contributed by atoms with van der Waals surface area (Å²) in [6, 6.07) is 0. The van der Waals surface area contributed by atoms with Gasteiger partial charge in [-0.25, -0.2) is 0 Å². The van der Waals surface area contributed by atoms with Gasteiger partial charge in [0.05, 0.1) is 12.1 Å². The number of nitrogens with zero attached hydrogens (tertiary/aromatic N) is 2. The van der Waals surface area contributed by atoms with Gasteiger partial charge in [0.1, 0.15) is 0 Å². The van der Waals surface area contributed by atoms with Crippen molar-refractivity contribution in [2.24, 2.45) is 22.1 Å². The first-order chi connectivity index (χ1) is 7.35. The van der Waals surface area contributed by atoms with Crippen molar-refractivity contribution >= 4 is 5.96 Å². The number of likely N-dealkylation sites (N-methyl/N-ethyl adjacent to an activating group) is 1. The van der Waals surface area contributed by atoms with Crippen LogP contribution in [0.25, 0.3) is 0 Å². The second-order valence-electron chi connectivity index (χ2n) is 6.60. The third-order valence-corrected chi connectivity index (χ3v) is 4.73. The van der Waals surface area contributed by atoms with Gasteiger partial charge in [-0.15, -0.1) is 0 Å². The van der Waals surface area contributed by atoms with Crippen molar-refractivity contribution < 1.29 is 0 Å². The molecule has 1 aliphatic heterocycles. The second-order valence-corrected chi connectivity index (χ2v) is 6.60. The monoisotopic (exact) mass is 223 g/mol. The number of guanidine groups is 1. The van der Waals surface area contributed by atoms with Crippen LogP contribution >= 0.6 is 0 Å². The highest BCUT2D eigenvalue weighted by Gasteiger charge is 2.44. The minimum atomic E-state index is 0.256. The fraction of sp³-hybridized carbons (Fsp3) is 0.923. The number of hydrogen-bond acceptors (Lipinski definition) is 3. The number of nitrogens with two attached hydrogens (primary N) is 1. The summed E-state index contributed by atoms with van der Waals surface area (Å²) in [5.74, 6) is 1.59. The van der Waals surface area contributed by atoms with Gasteiger partial charge in [0.2, 0.25) is 0 Å². The summed E-state index contributed by atoms with van der Waals surface area (Å²) < 4.78 is 0. The molecule has 0 atom stereocenters. The summed E-state index contributed by atoms with van der Waals surface area (Å²) in [6.45, 7) is 7.99. The Balaban J connectivity index is 2.01. The maximum absolute atomic E-state index is 5.88. The van der Waals surface area contributed by atoms with E-state index in [4.69, 9.17) is 5.73 Å². The van der Waals surface area contributed by atoms with E-state index in [9.17, 15) is 0 Å². The molecule has 1 heterocycles. The smallest absolute Gasteiger partial charge is 0.191 e. The first-order valence-corrected chi connectivity index (χ1v) is 6.39. The fourth-order valence-electron chi connectivity index (χ4n) is 3.20. The molecular weight excluding hydrogens is 198 g/mol. The number of hydrogen-bond donors (Lipinski definition) is 1. The number of aliphatic imine (C=N–C) groups is 1. The van der Waals surface area contributed by atoms with Gasteiger partial charge in [-0.05, 0) is 37.0 Å². The summed E-state index contributed by atoms with van der Waals surface area (Å²) in [6.07, 6.45) is 5.12. The molecule has 3 heteroatoms. The Morgan fingerprint density at radius 3 is 2.25 bits per heavy atom. The van der Waals surface area contributed by atoms with Gasteiger partial charge in [0.15, 0.2) is 5.96 Å². The summed E-state index contributed by atoms with van der Waals surface area (Å²) in [4.78, 5) is 6.62. The molecule has 16 heavy (non-hydrogen) atoms. The highest BCUT2D eigenvalue weighted by Crippen LogP contribution is 2.44. The van der Waals surface area contributed by atoms with Crippen molar-refractivity contribution in [2.45, 2.75) is 52.0 Å². The Labute approximate surface area is 99.1 Å². The Kier molecular flexibility index (Phi) is 2.67. The van der Waals surface area contributed by atoms with Crippen molar-refractivity contribution in [3.8, 4) is 0 Å². The third kappa shape index (κ3) is 1.80. The topological polar surface area (TPSA) is 41.6 Å². The molecule has 0 amide bonds. The predicted molar refractivity (Wildman–Crippen MR) is 68.4 cm³/mol. The van der Waals surface area contributed by atoms with E-state index in [-0.39, 0.29) is 5.54 Å². The zero-order valence-electron chi connectivity index (χ0n) is 11.1. The highest BCUT2D eigenvalue weighted by atomic mass is 15.3. The largest absolute Gasteiger partial charge is 0.370 e. The minimum Gasteiger partial charge on any atom is -0.370 e. The van der Waals surface area contributed by atoms with Crippen molar-refractivity contribution in [1.29, 1.82) is 0 Å². The molecule has 0 aromatic heterocycles. The van der Waals surface area contributed by atoms with Crippen molar-refractivity contribution in [3.63, 3.8) is 0 Å². The molecule has 0 aromatic carbocycles. The normalized spacial score (nSPS) is 35.6. The van der Waals surface area contributed by atoms with Crippen molar-refractivity contribution in [3.05, 3.63) is 0 Å². The average Bonchev–Trinajstić information content (AvgIpc) is 2.47. The van der Waals surface area contributed by atoms with E-state index in [1.807, 2.05) is 0 Å². The van der Waals surface area contributed by atoms with Crippen LogP contribution in [0.5, 0.6) is 0 Å². The van der Waals surface area contributed by atoms with Gasteiger partial charge in [0.25, 0.3) is 0 Å². The zero-order chi connectivity index (χ0) is 12.0. The van der Waals surface area contributed by atoms with Crippen LogP contribution in [0.4, 0.5) is 0 Å². The van der Waals surface area contributed by atoms with E-state index in [2.05, 4.69) is 37.7 Å². The van der Waals surface area contributed by atoms with Crippen LogP contribution in [0.2, 0.25) is 0 Å². The van der Waals surface area contributed by atoms with Crippen LogP contribution in [0.15, 0.2) is 4.99 Å². The van der Waals surface area contributed by atoms with Gasteiger partial charge < -0.3 is 10.6 Å². The fourth-order valence-corrected chi connectivity index (χ4v) is 3.20. The van der Waals surface area contributed by atoms with Crippen LogP contribution in [0.3, 0.4) is 0 Å². The Bertz CT molecular complexity index is 293. The van der Waals surface area contributed by atoms with Gasteiger partial charge in [-0.3, -0.25) is 4.99 Å². The maximum atomic E-state index is 5.88. The molecule has 0 unspecified atom stereocenters. The molecule has 1 aliphatic carbocycles. The average molecular weight is 223 g/mol. The lowest BCUT2D eigenvalue weighted by molar-refractivity contribution is 0.0858. The molecule has 1 spiro atoms. The van der Waals surface area contributed by atoms with Gasteiger partial charge in [-0.2, -0.15) is 0 Å². The van der Waals surface area contributed by atoms with Gasteiger partial charge in [0, 0.05) is 7.05 Å². The standard InChI is InChI=1S/C13H25N3/c1-12(2,3)10-5-7-13(8-6-10)9-15-11(14)16(13)4/h10H,5-9H2,1-4H3,(H2,14,15). The first-order valence-electron chi connectivity index (χ1n) is 6.39. The summed E-state index contributed by atoms with van der Waals surface area (Å²) in [7, 11) is 2.10. The van der Waals surface area contributed by atoms with E-state index >= 15 is 0 Å².